The summed E-state index contributed by atoms with van der Waals surface area (Å²) in [5.41, 5.74) is 1.47. The maximum atomic E-state index is 9.05. The van der Waals surface area contributed by atoms with Crippen molar-refractivity contribution >= 4 is 5.82 Å². The lowest BCUT2D eigenvalue weighted by molar-refractivity contribution is 0.215. The largest absolute Gasteiger partial charge is 0.476 e. The number of aryl methyl sites for hydroxylation is 1. The minimum Gasteiger partial charge on any atom is -0.476 e. The molecule has 0 saturated carbocycles. The highest BCUT2D eigenvalue weighted by molar-refractivity contribution is 5.39. The van der Waals surface area contributed by atoms with Crippen LogP contribution in [0.4, 0.5) is 5.82 Å². The van der Waals surface area contributed by atoms with Crippen LogP contribution in [0, 0.1) is 24.2 Å². The topological polar surface area (TPSA) is 74.9 Å². The second kappa shape index (κ2) is 7.05. The van der Waals surface area contributed by atoms with Gasteiger partial charge in [0.1, 0.15) is 23.8 Å². The molecule has 0 aromatic carbocycles. The number of piperidine rings is 1. The molecule has 0 aliphatic carbocycles. The van der Waals surface area contributed by atoms with Gasteiger partial charge in [-0.2, -0.15) is 5.26 Å². The van der Waals surface area contributed by atoms with Crippen LogP contribution in [0.1, 0.15) is 24.1 Å². The Bertz CT molecular complexity index is 704. The molecular weight excluding hydrogens is 290 g/mol. The zero-order valence-corrected chi connectivity index (χ0v) is 13.1. The van der Waals surface area contributed by atoms with Crippen molar-refractivity contribution in [2.75, 3.05) is 24.6 Å². The Morgan fingerprint density at radius 3 is 2.87 bits per heavy atom. The van der Waals surface area contributed by atoms with Crippen LogP contribution in [0.2, 0.25) is 0 Å². The van der Waals surface area contributed by atoms with E-state index in [2.05, 4.69) is 25.9 Å². The average Bonchev–Trinajstić information content (AvgIpc) is 2.60. The van der Waals surface area contributed by atoms with E-state index in [1.54, 1.807) is 24.7 Å². The van der Waals surface area contributed by atoms with Gasteiger partial charge in [-0.25, -0.2) is 15.0 Å². The van der Waals surface area contributed by atoms with Gasteiger partial charge in [0.2, 0.25) is 5.88 Å². The molecule has 3 rings (SSSR count). The van der Waals surface area contributed by atoms with Gasteiger partial charge in [0, 0.05) is 31.0 Å². The van der Waals surface area contributed by atoms with Gasteiger partial charge in [-0.1, -0.05) is 0 Å². The minimum absolute atomic E-state index is 0.434. The molecule has 0 radical (unpaired) electrons. The standard InChI is InChI=1S/C17H19N5O/c1-13-9-16(21-12-20-13)22-7-4-14(5-8-22)11-23-17-15(10-18)3-2-6-19-17/h2-3,6,9,12,14H,4-5,7-8,11H2,1H3. The summed E-state index contributed by atoms with van der Waals surface area (Å²) < 4.78 is 5.75. The van der Waals surface area contributed by atoms with Crippen LogP contribution in [0.3, 0.4) is 0 Å². The summed E-state index contributed by atoms with van der Waals surface area (Å²) in [5, 5.41) is 9.05. The molecule has 2 aromatic heterocycles. The molecule has 1 saturated heterocycles. The van der Waals surface area contributed by atoms with Gasteiger partial charge in [-0.3, -0.25) is 0 Å². The second-order valence-electron chi connectivity index (χ2n) is 5.73. The normalized spacial score (nSPS) is 15.2. The SMILES string of the molecule is Cc1cc(N2CCC(COc3ncccc3C#N)CC2)ncn1. The Morgan fingerprint density at radius 2 is 2.13 bits per heavy atom. The van der Waals surface area contributed by atoms with E-state index in [1.807, 2.05) is 13.0 Å². The smallest absolute Gasteiger partial charge is 0.231 e. The molecule has 0 atom stereocenters. The van der Waals surface area contributed by atoms with Gasteiger partial charge >= 0.3 is 0 Å². The summed E-state index contributed by atoms with van der Waals surface area (Å²) in [4.78, 5) is 14.9. The number of hydrogen-bond donors (Lipinski definition) is 0. The van der Waals surface area contributed by atoms with Crippen molar-refractivity contribution in [3.05, 3.63) is 42.0 Å². The highest BCUT2D eigenvalue weighted by Gasteiger charge is 2.21. The molecule has 3 heterocycles. The van der Waals surface area contributed by atoms with Gasteiger partial charge in [0.25, 0.3) is 0 Å². The maximum absolute atomic E-state index is 9.05. The fourth-order valence-corrected chi connectivity index (χ4v) is 2.73. The fourth-order valence-electron chi connectivity index (χ4n) is 2.73. The molecule has 1 aliphatic heterocycles. The van der Waals surface area contributed by atoms with Crippen molar-refractivity contribution in [3.63, 3.8) is 0 Å². The number of hydrogen-bond acceptors (Lipinski definition) is 6. The first-order valence-corrected chi connectivity index (χ1v) is 7.78. The average molecular weight is 309 g/mol. The van der Waals surface area contributed by atoms with Crippen molar-refractivity contribution in [3.8, 4) is 11.9 Å². The summed E-state index contributed by atoms with van der Waals surface area (Å²) in [6, 6.07) is 7.59. The van der Waals surface area contributed by atoms with E-state index in [0.717, 1.165) is 37.4 Å². The van der Waals surface area contributed by atoms with E-state index >= 15 is 0 Å². The summed E-state index contributed by atoms with van der Waals surface area (Å²) in [6.07, 6.45) is 5.34. The van der Waals surface area contributed by atoms with Crippen LogP contribution < -0.4 is 9.64 Å². The van der Waals surface area contributed by atoms with Crippen molar-refractivity contribution < 1.29 is 4.74 Å². The van der Waals surface area contributed by atoms with Gasteiger partial charge in [0.15, 0.2) is 0 Å². The molecule has 6 heteroatoms. The molecule has 0 bridgehead atoms. The van der Waals surface area contributed by atoms with E-state index in [0.29, 0.717) is 24.0 Å². The zero-order valence-electron chi connectivity index (χ0n) is 13.1. The first kappa shape index (κ1) is 15.2. The highest BCUT2D eigenvalue weighted by atomic mass is 16.5. The molecule has 118 valence electrons. The third-order valence-electron chi connectivity index (χ3n) is 4.08. The third-order valence-corrected chi connectivity index (χ3v) is 4.08. The molecule has 1 fully saturated rings. The molecule has 0 amide bonds. The summed E-state index contributed by atoms with van der Waals surface area (Å²) in [7, 11) is 0. The predicted octanol–water partition coefficient (Wildman–Crippen LogP) is 2.35. The number of pyridine rings is 1. The number of rotatable bonds is 4. The maximum Gasteiger partial charge on any atom is 0.231 e. The Labute approximate surface area is 135 Å². The number of aromatic nitrogens is 3. The molecular formula is C17H19N5O. The van der Waals surface area contributed by atoms with E-state index in [1.165, 1.54) is 0 Å². The van der Waals surface area contributed by atoms with E-state index in [4.69, 9.17) is 10.00 Å². The Balaban J connectivity index is 1.53. The summed E-state index contributed by atoms with van der Waals surface area (Å²) in [6.45, 7) is 4.49. The summed E-state index contributed by atoms with van der Waals surface area (Å²) in [5.74, 6) is 1.90. The highest BCUT2D eigenvalue weighted by Crippen LogP contribution is 2.23. The van der Waals surface area contributed by atoms with Crippen LogP contribution >= 0.6 is 0 Å². The predicted molar refractivity (Wildman–Crippen MR) is 86.2 cm³/mol. The molecule has 0 unspecified atom stereocenters. The van der Waals surface area contributed by atoms with E-state index in [-0.39, 0.29) is 0 Å². The Morgan fingerprint density at radius 1 is 1.30 bits per heavy atom. The molecule has 0 N–H and O–H groups in total. The van der Waals surface area contributed by atoms with Crippen LogP contribution in [0.25, 0.3) is 0 Å². The van der Waals surface area contributed by atoms with Crippen LogP contribution in [0.15, 0.2) is 30.7 Å². The van der Waals surface area contributed by atoms with Crippen LogP contribution in [0.5, 0.6) is 5.88 Å². The molecule has 0 spiro atoms. The van der Waals surface area contributed by atoms with Crippen LogP contribution in [-0.2, 0) is 0 Å². The molecule has 23 heavy (non-hydrogen) atoms. The Hall–Kier alpha value is -2.68. The van der Waals surface area contributed by atoms with E-state index < -0.39 is 0 Å². The van der Waals surface area contributed by atoms with Gasteiger partial charge in [-0.05, 0) is 37.8 Å². The van der Waals surface area contributed by atoms with Crippen molar-refractivity contribution in [1.82, 2.24) is 15.0 Å². The summed E-state index contributed by atoms with van der Waals surface area (Å²) >= 11 is 0. The van der Waals surface area contributed by atoms with Crippen LogP contribution in [-0.4, -0.2) is 34.6 Å². The van der Waals surface area contributed by atoms with Gasteiger partial charge in [0.05, 0.1) is 6.61 Å². The molecule has 2 aromatic rings. The van der Waals surface area contributed by atoms with Gasteiger partial charge in [-0.15, -0.1) is 0 Å². The number of anilines is 1. The van der Waals surface area contributed by atoms with Crippen molar-refractivity contribution in [2.24, 2.45) is 5.92 Å². The first-order valence-electron chi connectivity index (χ1n) is 7.78. The van der Waals surface area contributed by atoms with Crippen molar-refractivity contribution in [2.45, 2.75) is 19.8 Å². The van der Waals surface area contributed by atoms with Crippen molar-refractivity contribution in [1.29, 1.82) is 5.26 Å². The zero-order chi connectivity index (χ0) is 16.1. The quantitative estimate of drug-likeness (QED) is 0.863. The van der Waals surface area contributed by atoms with E-state index in [9.17, 15) is 0 Å². The first-order chi connectivity index (χ1) is 11.3. The monoisotopic (exact) mass is 309 g/mol. The minimum atomic E-state index is 0.434. The lowest BCUT2D eigenvalue weighted by Gasteiger charge is -2.32. The number of ether oxygens (including phenoxy) is 1. The lowest BCUT2D eigenvalue weighted by Crippen LogP contribution is -2.36. The third kappa shape index (κ3) is 3.75. The number of nitriles is 1. The second-order valence-corrected chi connectivity index (χ2v) is 5.73. The molecule has 6 nitrogen and oxygen atoms in total. The van der Waals surface area contributed by atoms with Gasteiger partial charge < -0.3 is 9.64 Å². The number of nitrogens with zero attached hydrogens (tertiary/aromatic N) is 5. The molecule has 1 aliphatic rings. The lowest BCUT2D eigenvalue weighted by atomic mass is 9.98. The Kier molecular flexibility index (Phi) is 4.67. The fraction of sp³-hybridized carbons (Fsp3) is 0.412.